The lowest BCUT2D eigenvalue weighted by Crippen LogP contribution is -2.45. The molecule has 0 aromatic carbocycles. The van der Waals surface area contributed by atoms with Crippen molar-refractivity contribution in [3.63, 3.8) is 0 Å². The Balaban J connectivity index is 4.30. The maximum absolute atomic E-state index is 6.03. The molecule has 1 atom stereocenters. The summed E-state index contributed by atoms with van der Waals surface area (Å²) in [5.74, 6) is 0. The van der Waals surface area contributed by atoms with Gasteiger partial charge in [-0.3, -0.25) is 0 Å². The van der Waals surface area contributed by atoms with E-state index in [2.05, 4.69) is 45.9 Å². The molecule has 0 aliphatic carbocycles. The molecule has 0 heterocycles. The van der Waals surface area contributed by atoms with Crippen LogP contribution in [0.2, 0.25) is 39.3 Å². The number of rotatable bonds is 4. The molecule has 0 aliphatic heterocycles. The molecule has 0 aromatic rings. The molecular weight excluding hydrogens is 180 g/mol. The maximum atomic E-state index is 6.03. The lowest BCUT2D eigenvalue weighted by atomic mass is 10.7. The van der Waals surface area contributed by atoms with Gasteiger partial charge in [-0.05, 0) is 19.6 Å². The van der Waals surface area contributed by atoms with Crippen molar-refractivity contribution in [1.29, 1.82) is 0 Å². The normalized spacial score (nSPS) is 15.8. The van der Waals surface area contributed by atoms with Crippen LogP contribution in [0.25, 0.3) is 0 Å². The molecule has 0 aliphatic rings. The van der Waals surface area contributed by atoms with Gasteiger partial charge in [-0.2, -0.15) is 0 Å². The summed E-state index contributed by atoms with van der Waals surface area (Å²) in [5.41, 5.74) is 0.323. The molecule has 0 amide bonds. The van der Waals surface area contributed by atoms with Gasteiger partial charge in [-0.15, -0.1) is 6.58 Å². The average Bonchev–Trinajstić information content (AvgIpc) is 1.78. The first-order chi connectivity index (χ1) is 5.17. The van der Waals surface area contributed by atoms with E-state index in [-0.39, 0.29) is 0 Å². The second-order valence-electron chi connectivity index (χ2n) is 5.25. The third-order valence-electron chi connectivity index (χ3n) is 1.55. The summed E-state index contributed by atoms with van der Waals surface area (Å²) in [6, 6.07) is 0. The van der Waals surface area contributed by atoms with Crippen molar-refractivity contribution in [3.8, 4) is 0 Å². The Morgan fingerprint density at radius 1 is 1.08 bits per heavy atom. The zero-order valence-electron chi connectivity index (χ0n) is 9.27. The second-order valence-corrected chi connectivity index (χ2v) is 15.0. The van der Waals surface area contributed by atoms with Gasteiger partial charge >= 0.3 is 0 Å². The Kier molecular flexibility index (Phi) is 3.94. The molecule has 0 spiro atoms. The fraction of sp³-hybridized carbons (Fsp3) is 0.778. The van der Waals surface area contributed by atoms with E-state index in [1.165, 1.54) is 0 Å². The minimum absolute atomic E-state index is 0.323. The van der Waals surface area contributed by atoms with Crippen molar-refractivity contribution < 1.29 is 4.43 Å². The van der Waals surface area contributed by atoms with Crippen LogP contribution >= 0.6 is 0 Å². The first kappa shape index (κ1) is 12.1. The molecule has 0 N–H and O–H groups in total. The summed E-state index contributed by atoms with van der Waals surface area (Å²) in [6.45, 7) is 17.5. The van der Waals surface area contributed by atoms with Crippen LogP contribution in [0, 0.1) is 0 Å². The zero-order chi connectivity index (χ0) is 9.99. The van der Waals surface area contributed by atoms with E-state index in [9.17, 15) is 0 Å². The molecule has 3 heteroatoms. The predicted molar refractivity (Wildman–Crippen MR) is 61.8 cm³/mol. The molecule has 0 rings (SSSR count). The van der Waals surface area contributed by atoms with E-state index in [0.29, 0.717) is 5.73 Å². The van der Waals surface area contributed by atoms with Crippen LogP contribution in [-0.4, -0.2) is 22.1 Å². The first-order valence-electron chi connectivity index (χ1n) is 4.47. The standard InChI is InChI=1S/C9H22OSi2/c1-8-9(11(2,3)4)10-12(5,6)7/h8-9H,1H2,2-7H3/t9-/m1/s1. The zero-order valence-corrected chi connectivity index (χ0v) is 11.3. The summed E-state index contributed by atoms with van der Waals surface area (Å²) in [5, 5.41) is 0. The van der Waals surface area contributed by atoms with Crippen molar-refractivity contribution in [1.82, 2.24) is 0 Å². The van der Waals surface area contributed by atoms with Crippen LogP contribution in [0.3, 0.4) is 0 Å². The lowest BCUT2D eigenvalue weighted by molar-refractivity contribution is 0.308. The fourth-order valence-electron chi connectivity index (χ4n) is 0.959. The van der Waals surface area contributed by atoms with Crippen LogP contribution in [0.4, 0.5) is 0 Å². The summed E-state index contributed by atoms with van der Waals surface area (Å²) < 4.78 is 6.03. The van der Waals surface area contributed by atoms with Crippen LogP contribution in [0.1, 0.15) is 0 Å². The number of hydrogen-bond acceptors (Lipinski definition) is 1. The highest BCUT2D eigenvalue weighted by molar-refractivity contribution is 6.79. The van der Waals surface area contributed by atoms with Gasteiger partial charge in [0, 0.05) is 0 Å². The van der Waals surface area contributed by atoms with Gasteiger partial charge in [-0.25, -0.2) is 0 Å². The van der Waals surface area contributed by atoms with E-state index < -0.39 is 16.4 Å². The molecule has 0 radical (unpaired) electrons. The second kappa shape index (κ2) is 3.89. The summed E-state index contributed by atoms with van der Waals surface area (Å²) in [6.07, 6.45) is 1.98. The highest BCUT2D eigenvalue weighted by Gasteiger charge is 2.29. The van der Waals surface area contributed by atoms with Crippen LogP contribution < -0.4 is 0 Å². The Bertz CT molecular complexity index is 153. The molecule has 0 saturated heterocycles. The molecule has 12 heavy (non-hydrogen) atoms. The van der Waals surface area contributed by atoms with E-state index in [1.807, 2.05) is 6.08 Å². The molecule has 0 fully saturated rings. The minimum Gasteiger partial charge on any atom is -0.414 e. The van der Waals surface area contributed by atoms with Crippen molar-refractivity contribution in [2.45, 2.75) is 45.0 Å². The van der Waals surface area contributed by atoms with E-state index in [1.54, 1.807) is 0 Å². The minimum atomic E-state index is -1.39. The third kappa shape index (κ3) is 4.90. The van der Waals surface area contributed by atoms with Gasteiger partial charge < -0.3 is 4.43 Å². The van der Waals surface area contributed by atoms with E-state index in [0.717, 1.165) is 0 Å². The maximum Gasteiger partial charge on any atom is 0.184 e. The predicted octanol–water partition coefficient (Wildman–Crippen LogP) is 3.27. The lowest BCUT2D eigenvalue weighted by Gasteiger charge is -2.32. The van der Waals surface area contributed by atoms with Gasteiger partial charge in [0.25, 0.3) is 0 Å². The van der Waals surface area contributed by atoms with Gasteiger partial charge in [0.15, 0.2) is 8.32 Å². The summed E-state index contributed by atoms with van der Waals surface area (Å²) >= 11 is 0. The van der Waals surface area contributed by atoms with Crippen molar-refractivity contribution in [2.24, 2.45) is 0 Å². The van der Waals surface area contributed by atoms with Crippen LogP contribution in [0.15, 0.2) is 12.7 Å². The molecule has 0 bridgehead atoms. The topological polar surface area (TPSA) is 9.23 Å². The molecule has 0 aromatic heterocycles. The Hall–Kier alpha value is 0.134. The first-order valence-corrected chi connectivity index (χ1v) is 11.5. The van der Waals surface area contributed by atoms with Gasteiger partial charge in [0.05, 0.1) is 13.8 Å². The summed E-state index contributed by atoms with van der Waals surface area (Å²) in [4.78, 5) is 0. The van der Waals surface area contributed by atoms with Gasteiger partial charge in [0.1, 0.15) is 0 Å². The third-order valence-corrected chi connectivity index (χ3v) is 4.81. The van der Waals surface area contributed by atoms with Gasteiger partial charge in [0.2, 0.25) is 0 Å². The molecular formula is C9H22OSi2. The van der Waals surface area contributed by atoms with Gasteiger partial charge in [-0.1, -0.05) is 25.7 Å². The Morgan fingerprint density at radius 3 is 1.58 bits per heavy atom. The van der Waals surface area contributed by atoms with E-state index in [4.69, 9.17) is 4.43 Å². The van der Waals surface area contributed by atoms with Crippen LogP contribution in [0.5, 0.6) is 0 Å². The number of hydrogen-bond donors (Lipinski definition) is 0. The average molecular weight is 202 g/mol. The molecule has 1 nitrogen and oxygen atoms in total. The Labute approximate surface area is 79.0 Å². The molecule has 72 valence electrons. The quantitative estimate of drug-likeness (QED) is 0.502. The van der Waals surface area contributed by atoms with E-state index >= 15 is 0 Å². The monoisotopic (exact) mass is 202 g/mol. The van der Waals surface area contributed by atoms with Crippen LogP contribution in [-0.2, 0) is 4.43 Å². The Morgan fingerprint density at radius 2 is 1.50 bits per heavy atom. The highest BCUT2D eigenvalue weighted by atomic mass is 28.4. The fourth-order valence-corrected chi connectivity index (χ4v) is 5.00. The largest absolute Gasteiger partial charge is 0.414 e. The molecule has 0 saturated carbocycles. The smallest absolute Gasteiger partial charge is 0.184 e. The highest BCUT2D eigenvalue weighted by Crippen LogP contribution is 2.17. The van der Waals surface area contributed by atoms with Crippen molar-refractivity contribution in [2.75, 3.05) is 0 Å². The summed E-state index contributed by atoms with van der Waals surface area (Å²) in [7, 11) is -2.59. The molecule has 0 unspecified atom stereocenters. The van der Waals surface area contributed by atoms with Crippen molar-refractivity contribution in [3.05, 3.63) is 12.7 Å². The van der Waals surface area contributed by atoms with Crippen molar-refractivity contribution >= 4 is 16.4 Å². The SMILES string of the molecule is C=C[C@H](O[Si](C)(C)C)[Si](C)(C)C.